The number of alkyl halides is 2. The van der Waals surface area contributed by atoms with Gasteiger partial charge in [0.05, 0.1) is 12.2 Å². The van der Waals surface area contributed by atoms with Crippen LogP contribution in [0.25, 0.3) is 0 Å². The molecule has 104 valence electrons. The van der Waals surface area contributed by atoms with E-state index in [0.717, 1.165) is 0 Å². The fourth-order valence-electron chi connectivity index (χ4n) is 1.27. The quantitative estimate of drug-likeness (QED) is 0.685. The zero-order valence-corrected chi connectivity index (χ0v) is 10.4. The Labute approximate surface area is 111 Å². The lowest BCUT2D eigenvalue weighted by atomic mass is 10.2. The van der Waals surface area contributed by atoms with Crippen LogP contribution in [-0.2, 0) is 4.79 Å². The van der Waals surface area contributed by atoms with Gasteiger partial charge in [0, 0.05) is 4.90 Å². The second-order valence-corrected chi connectivity index (χ2v) is 4.45. The number of halogens is 2. The lowest BCUT2D eigenvalue weighted by molar-refractivity contribution is -0.140. The molecule has 3 N–H and O–H groups in total. The van der Waals surface area contributed by atoms with Crippen molar-refractivity contribution in [3.63, 3.8) is 0 Å². The molecule has 8 heteroatoms. The highest BCUT2D eigenvalue weighted by Gasteiger charge is 2.22. The number of carbonyl (C=O) groups excluding carboxylic acids is 1. The van der Waals surface area contributed by atoms with E-state index in [4.69, 9.17) is 10.2 Å². The Balaban J connectivity index is 2.90. The van der Waals surface area contributed by atoms with Crippen LogP contribution in [0.1, 0.15) is 10.4 Å². The van der Waals surface area contributed by atoms with E-state index in [1.807, 2.05) is 5.32 Å². The molecule has 1 atom stereocenters. The number of hydrogen-bond acceptors (Lipinski definition) is 4. The summed E-state index contributed by atoms with van der Waals surface area (Å²) in [6.45, 7) is -0.786. The number of benzene rings is 1. The molecule has 1 aromatic rings. The molecule has 1 rings (SSSR count). The molecule has 0 aliphatic carbocycles. The fourth-order valence-corrected chi connectivity index (χ4v) is 1.91. The van der Waals surface area contributed by atoms with E-state index in [1.54, 1.807) is 0 Å². The molecule has 0 spiro atoms. The molecular weight excluding hydrogens is 280 g/mol. The third kappa shape index (κ3) is 4.49. The first-order chi connectivity index (χ1) is 8.95. The largest absolute Gasteiger partial charge is 0.480 e. The van der Waals surface area contributed by atoms with Crippen molar-refractivity contribution in [2.45, 2.75) is 16.7 Å². The summed E-state index contributed by atoms with van der Waals surface area (Å²) < 4.78 is 24.6. The topological polar surface area (TPSA) is 86.6 Å². The molecule has 0 aliphatic heterocycles. The molecule has 0 bridgehead atoms. The molecule has 1 amide bonds. The predicted octanol–water partition coefficient (Wildman–Crippen LogP) is 1.18. The average molecular weight is 291 g/mol. The fraction of sp³-hybridized carbons (Fsp3) is 0.273. The van der Waals surface area contributed by atoms with Gasteiger partial charge in [-0.2, -0.15) is 8.78 Å². The van der Waals surface area contributed by atoms with Crippen molar-refractivity contribution in [3.8, 4) is 0 Å². The van der Waals surface area contributed by atoms with Crippen molar-refractivity contribution in [2.24, 2.45) is 0 Å². The average Bonchev–Trinajstić information content (AvgIpc) is 2.35. The van der Waals surface area contributed by atoms with Gasteiger partial charge in [0.2, 0.25) is 0 Å². The van der Waals surface area contributed by atoms with Gasteiger partial charge in [-0.25, -0.2) is 4.79 Å². The van der Waals surface area contributed by atoms with Gasteiger partial charge in [-0.15, -0.1) is 0 Å². The minimum Gasteiger partial charge on any atom is -0.480 e. The summed E-state index contributed by atoms with van der Waals surface area (Å²) in [4.78, 5) is 22.5. The lowest BCUT2D eigenvalue weighted by Crippen LogP contribution is -2.43. The summed E-state index contributed by atoms with van der Waals surface area (Å²) in [5.74, 6) is -4.93. The van der Waals surface area contributed by atoms with Crippen LogP contribution in [0.2, 0.25) is 0 Å². The highest BCUT2D eigenvalue weighted by Crippen LogP contribution is 2.28. The third-order valence-corrected chi connectivity index (χ3v) is 2.92. The zero-order valence-electron chi connectivity index (χ0n) is 9.55. The molecule has 0 fully saturated rings. The number of carboxylic acids is 1. The number of thioether (sulfide) groups is 1. The number of aliphatic hydroxyl groups excluding tert-OH is 1. The van der Waals surface area contributed by atoms with Crippen LogP contribution in [0.4, 0.5) is 8.78 Å². The maximum Gasteiger partial charge on any atom is 0.328 e. The lowest BCUT2D eigenvalue weighted by Gasteiger charge is -2.13. The maximum absolute atomic E-state index is 12.3. The van der Waals surface area contributed by atoms with E-state index in [0.29, 0.717) is 0 Å². The van der Waals surface area contributed by atoms with Crippen LogP contribution < -0.4 is 5.32 Å². The summed E-state index contributed by atoms with van der Waals surface area (Å²) in [5.41, 5.74) is -0.0625. The van der Waals surface area contributed by atoms with Gasteiger partial charge in [0.25, 0.3) is 11.7 Å². The summed E-state index contributed by atoms with van der Waals surface area (Å²) >= 11 is 0.192. The van der Waals surface area contributed by atoms with Crippen molar-refractivity contribution in [2.75, 3.05) is 6.61 Å². The molecule has 0 heterocycles. The Bertz CT molecular complexity index is 470. The van der Waals surface area contributed by atoms with Gasteiger partial charge >= 0.3 is 5.97 Å². The standard InChI is InChI=1S/C11H11F2NO4S/c12-11(13)19-8-4-2-1-3-6(8)9(16)14-7(5-15)10(17)18/h1-4,7,11,15H,5H2,(H,14,16)(H,17,18)/t7-/m1/s1. The monoisotopic (exact) mass is 291 g/mol. The number of hydrogen-bond donors (Lipinski definition) is 3. The van der Waals surface area contributed by atoms with Gasteiger partial charge in [-0.3, -0.25) is 4.79 Å². The molecule has 1 aromatic carbocycles. The Hall–Kier alpha value is -1.67. The molecule has 0 aliphatic rings. The molecule has 0 radical (unpaired) electrons. The van der Waals surface area contributed by atoms with E-state index < -0.39 is 30.3 Å². The Morgan fingerprint density at radius 1 is 1.32 bits per heavy atom. The number of rotatable bonds is 6. The normalized spacial score (nSPS) is 12.2. The van der Waals surface area contributed by atoms with Crippen LogP contribution in [-0.4, -0.2) is 40.5 Å². The number of nitrogens with one attached hydrogen (secondary N) is 1. The van der Waals surface area contributed by atoms with E-state index in [1.165, 1.54) is 24.3 Å². The van der Waals surface area contributed by atoms with Crippen LogP contribution >= 0.6 is 11.8 Å². The molecule has 0 unspecified atom stereocenters. The molecule has 19 heavy (non-hydrogen) atoms. The number of amides is 1. The number of carboxylic acid groups (broad SMARTS) is 1. The van der Waals surface area contributed by atoms with Gasteiger partial charge in [-0.1, -0.05) is 23.9 Å². The molecule has 0 saturated heterocycles. The van der Waals surface area contributed by atoms with E-state index >= 15 is 0 Å². The van der Waals surface area contributed by atoms with E-state index in [-0.39, 0.29) is 22.2 Å². The minimum absolute atomic E-state index is 0.0390. The van der Waals surface area contributed by atoms with Crippen LogP contribution in [0.5, 0.6) is 0 Å². The SMILES string of the molecule is O=C(N[C@H](CO)C(=O)O)c1ccccc1SC(F)F. The highest BCUT2D eigenvalue weighted by atomic mass is 32.2. The highest BCUT2D eigenvalue weighted by molar-refractivity contribution is 7.99. The Morgan fingerprint density at radius 3 is 2.47 bits per heavy atom. The number of aliphatic hydroxyl groups is 1. The van der Waals surface area contributed by atoms with Gasteiger partial charge in [0.15, 0.2) is 6.04 Å². The maximum atomic E-state index is 12.3. The molecular formula is C11H11F2NO4S. The van der Waals surface area contributed by atoms with Crippen molar-refractivity contribution in [3.05, 3.63) is 29.8 Å². The predicted molar refractivity (Wildman–Crippen MR) is 64.3 cm³/mol. The van der Waals surface area contributed by atoms with Crippen LogP contribution in [0.3, 0.4) is 0 Å². The molecule has 5 nitrogen and oxygen atoms in total. The van der Waals surface area contributed by atoms with Gasteiger partial charge in [-0.05, 0) is 12.1 Å². The van der Waals surface area contributed by atoms with Gasteiger partial charge < -0.3 is 15.5 Å². The smallest absolute Gasteiger partial charge is 0.328 e. The first-order valence-electron chi connectivity index (χ1n) is 5.14. The van der Waals surface area contributed by atoms with Crippen LogP contribution in [0, 0.1) is 0 Å². The van der Waals surface area contributed by atoms with Crippen molar-refractivity contribution in [1.29, 1.82) is 0 Å². The van der Waals surface area contributed by atoms with Crippen LogP contribution in [0.15, 0.2) is 29.2 Å². The van der Waals surface area contributed by atoms with E-state index in [2.05, 4.69) is 0 Å². The number of carbonyl (C=O) groups is 2. The zero-order chi connectivity index (χ0) is 14.4. The second-order valence-electron chi connectivity index (χ2n) is 3.42. The number of aliphatic carboxylic acids is 1. The summed E-state index contributed by atoms with van der Waals surface area (Å²) in [6, 6.07) is 4.12. The molecule has 0 saturated carbocycles. The van der Waals surface area contributed by atoms with Crippen molar-refractivity contribution >= 4 is 23.6 Å². The first kappa shape index (κ1) is 15.4. The van der Waals surface area contributed by atoms with E-state index in [9.17, 15) is 18.4 Å². The third-order valence-electron chi connectivity index (χ3n) is 2.13. The summed E-state index contributed by atoms with van der Waals surface area (Å²) in [6.07, 6.45) is 0. The minimum atomic E-state index is -2.69. The Kier molecular flexibility index (Phi) is 5.71. The summed E-state index contributed by atoms with van der Waals surface area (Å²) in [7, 11) is 0. The summed E-state index contributed by atoms with van der Waals surface area (Å²) in [5, 5.41) is 19.5. The van der Waals surface area contributed by atoms with Gasteiger partial charge in [0.1, 0.15) is 0 Å². The Morgan fingerprint density at radius 2 is 1.95 bits per heavy atom. The van der Waals surface area contributed by atoms with Crippen molar-refractivity contribution < 1.29 is 28.6 Å². The molecule has 0 aromatic heterocycles. The first-order valence-corrected chi connectivity index (χ1v) is 6.02. The second kappa shape index (κ2) is 7.05. The van der Waals surface area contributed by atoms with Crippen molar-refractivity contribution in [1.82, 2.24) is 5.32 Å².